The Bertz CT molecular complexity index is 447. The lowest BCUT2D eigenvalue weighted by molar-refractivity contribution is 0.0694. The molecule has 0 saturated carbocycles. The van der Waals surface area contributed by atoms with Crippen LogP contribution in [0.3, 0.4) is 0 Å². The standard InChI is InChI=1S/C9H9N3O3/c13-9(14)7-6-11-15-8(7)2-5-12-4-1-3-10-12/h1,3-4,6H,2,5H2,(H,13,14). The Morgan fingerprint density at radius 3 is 3.13 bits per heavy atom. The fourth-order valence-corrected chi connectivity index (χ4v) is 1.27. The van der Waals surface area contributed by atoms with Gasteiger partial charge >= 0.3 is 5.97 Å². The zero-order valence-corrected chi connectivity index (χ0v) is 7.83. The monoisotopic (exact) mass is 207 g/mol. The molecular formula is C9H9N3O3. The minimum atomic E-state index is -1.02. The van der Waals surface area contributed by atoms with E-state index in [4.69, 9.17) is 9.63 Å². The molecule has 15 heavy (non-hydrogen) atoms. The quantitative estimate of drug-likeness (QED) is 0.802. The molecule has 2 aromatic rings. The molecule has 78 valence electrons. The number of aromatic carboxylic acids is 1. The lowest BCUT2D eigenvalue weighted by Crippen LogP contribution is -2.04. The lowest BCUT2D eigenvalue weighted by Gasteiger charge is -1.98. The van der Waals surface area contributed by atoms with E-state index in [2.05, 4.69) is 10.3 Å². The highest BCUT2D eigenvalue weighted by atomic mass is 16.5. The molecule has 0 aromatic carbocycles. The summed E-state index contributed by atoms with van der Waals surface area (Å²) in [5.41, 5.74) is 0.113. The second-order valence-electron chi connectivity index (χ2n) is 2.99. The Kier molecular flexibility index (Phi) is 2.49. The van der Waals surface area contributed by atoms with Crippen LogP contribution in [-0.4, -0.2) is 26.0 Å². The summed E-state index contributed by atoms with van der Waals surface area (Å²) >= 11 is 0. The summed E-state index contributed by atoms with van der Waals surface area (Å²) in [5, 5.41) is 16.2. The van der Waals surface area contributed by atoms with Gasteiger partial charge in [-0.15, -0.1) is 0 Å². The minimum Gasteiger partial charge on any atom is -0.478 e. The Morgan fingerprint density at radius 2 is 2.47 bits per heavy atom. The van der Waals surface area contributed by atoms with Crippen molar-refractivity contribution in [1.82, 2.24) is 14.9 Å². The van der Waals surface area contributed by atoms with Crippen LogP contribution in [0.25, 0.3) is 0 Å². The third-order valence-corrected chi connectivity index (χ3v) is 2.00. The van der Waals surface area contributed by atoms with Crippen LogP contribution in [0.15, 0.2) is 29.2 Å². The van der Waals surface area contributed by atoms with Gasteiger partial charge in [-0.05, 0) is 6.07 Å². The number of rotatable bonds is 4. The van der Waals surface area contributed by atoms with Gasteiger partial charge in [0.05, 0.1) is 6.20 Å². The Balaban J connectivity index is 2.05. The van der Waals surface area contributed by atoms with E-state index in [1.807, 2.05) is 0 Å². The Morgan fingerprint density at radius 1 is 1.60 bits per heavy atom. The number of aryl methyl sites for hydroxylation is 2. The topological polar surface area (TPSA) is 81.1 Å². The number of carboxylic acids is 1. The molecule has 0 aliphatic carbocycles. The number of hydrogen-bond acceptors (Lipinski definition) is 4. The van der Waals surface area contributed by atoms with Gasteiger partial charge in [-0.2, -0.15) is 5.10 Å². The molecule has 6 nitrogen and oxygen atoms in total. The molecule has 0 atom stereocenters. The summed E-state index contributed by atoms with van der Waals surface area (Å²) in [6, 6.07) is 1.80. The van der Waals surface area contributed by atoms with E-state index in [1.54, 1.807) is 23.1 Å². The predicted molar refractivity (Wildman–Crippen MR) is 49.4 cm³/mol. The first-order chi connectivity index (χ1) is 7.27. The highest BCUT2D eigenvalue weighted by Gasteiger charge is 2.14. The molecule has 0 radical (unpaired) electrons. The molecule has 1 N–H and O–H groups in total. The van der Waals surface area contributed by atoms with Crippen molar-refractivity contribution in [3.63, 3.8) is 0 Å². The van der Waals surface area contributed by atoms with Gasteiger partial charge in [0, 0.05) is 25.4 Å². The molecule has 0 fully saturated rings. The maximum atomic E-state index is 10.7. The van der Waals surface area contributed by atoms with Crippen LogP contribution in [-0.2, 0) is 13.0 Å². The van der Waals surface area contributed by atoms with Gasteiger partial charge in [0.1, 0.15) is 5.56 Å². The van der Waals surface area contributed by atoms with Gasteiger partial charge in [0.25, 0.3) is 0 Å². The molecule has 0 spiro atoms. The van der Waals surface area contributed by atoms with Gasteiger partial charge in [-0.1, -0.05) is 5.16 Å². The smallest absolute Gasteiger partial charge is 0.340 e. The molecule has 0 aliphatic heterocycles. The van der Waals surface area contributed by atoms with Crippen molar-refractivity contribution in [3.05, 3.63) is 36.0 Å². The molecule has 2 heterocycles. The van der Waals surface area contributed by atoms with Gasteiger partial charge in [0.2, 0.25) is 0 Å². The van der Waals surface area contributed by atoms with E-state index in [0.29, 0.717) is 18.7 Å². The van der Waals surface area contributed by atoms with Crippen molar-refractivity contribution in [3.8, 4) is 0 Å². The van der Waals surface area contributed by atoms with Crippen LogP contribution in [0, 0.1) is 0 Å². The number of carbonyl (C=O) groups is 1. The van der Waals surface area contributed by atoms with Gasteiger partial charge in [0.15, 0.2) is 5.76 Å². The van der Waals surface area contributed by atoms with Gasteiger partial charge < -0.3 is 9.63 Å². The van der Waals surface area contributed by atoms with Crippen molar-refractivity contribution in [2.24, 2.45) is 0 Å². The van der Waals surface area contributed by atoms with E-state index in [0.717, 1.165) is 0 Å². The SMILES string of the molecule is O=C(O)c1cnoc1CCn1cccn1. The van der Waals surface area contributed by atoms with Crippen LogP contribution in [0.2, 0.25) is 0 Å². The summed E-state index contributed by atoms with van der Waals surface area (Å²) in [4.78, 5) is 10.7. The largest absolute Gasteiger partial charge is 0.478 e. The minimum absolute atomic E-state index is 0.113. The van der Waals surface area contributed by atoms with Crippen LogP contribution in [0.5, 0.6) is 0 Å². The highest BCUT2D eigenvalue weighted by Crippen LogP contribution is 2.09. The summed E-state index contributed by atoms with van der Waals surface area (Å²) in [5.74, 6) is -0.648. The summed E-state index contributed by atoms with van der Waals surface area (Å²) in [7, 11) is 0. The Labute approximate surface area is 85.1 Å². The third-order valence-electron chi connectivity index (χ3n) is 2.00. The van der Waals surface area contributed by atoms with E-state index >= 15 is 0 Å². The molecule has 6 heteroatoms. The fourth-order valence-electron chi connectivity index (χ4n) is 1.27. The van der Waals surface area contributed by atoms with E-state index in [9.17, 15) is 4.79 Å². The second-order valence-corrected chi connectivity index (χ2v) is 2.99. The van der Waals surface area contributed by atoms with E-state index < -0.39 is 5.97 Å². The van der Waals surface area contributed by atoms with Crippen LogP contribution >= 0.6 is 0 Å². The van der Waals surface area contributed by atoms with Crippen molar-refractivity contribution in [2.75, 3.05) is 0 Å². The molecule has 2 rings (SSSR count). The maximum Gasteiger partial charge on any atom is 0.340 e. The maximum absolute atomic E-state index is 10.7. The number of carboxylic acid groups (broad SMARTS) is 1. The predicted octanol–water partition coefficient (Wildman–Crippen LogP) is 0.812. The van der Waals surface area contributed by atoms with Crippen molar-refractivity contribution < 1.29 is 14.4 Å². The van der Waals surface area contributed by atoms with Crippen molar-refractivity contribution in [2.45, 2.75) is 13.0 Å². The summed E-state index contributed by atoms with van der Waals surface area (Å²) < 4.78 is 6.55. The highest BCUT2D eigenvalue weighted by molar-refractivity contribution is 5.88. The van der Waals surface area contributed by atoms with Crippen LogP contribution in [0.1, 0.15) is 16.1 Å². The average Bonchev–Trinajstić information content (AvgIpc) is 2.86. The van der Waals surface area contributed by atoms with Crippen molar-refractivity contribution >= 4 is 5.97 Å². The average molecular weight is 207 g/mol. The Hall–Kier alpha value is -2.11. The molecule has 0 aliphatic rings. The first-order valence-corrected chi connectivity index (χ1v) is 4.41. The first-order valence-electron chi connectivity index (χ1n) is 4.41. The molecular weight excluding hydrogens is 198 g/mol. The zero-order chi connectivity index (χ0) is 10.7. The van der Waals surface area contributed by atoms with Gasteiger partial charge in [-0.25, -0.2) is 4.79 Å². The van der Waals surface area contributed by atoms with Crippen LogP contribution < -0.4 is 0 Å². The fraction of sp³-hybridized carbons (Fsp3) is 0.222. The number of nitrogens with zero attached hydrogens (tertiary/aromatic N) is 3. The third kappa shape index (κ3) is 2.04. The zero-order valence-electron chi connectivity index (χ0n) is 7.83. The summed E-state index contributed by atoms with van der Waals surface area (Å²) in [6.07, 6.45) is 5.14. The van der Waals surface area contributed by atoms with Crippen molar-refractivity contribution in [1.29, 1.82) is 0 Å². The number of hydrogen-bond donors (Lipinski definition) is 1. The summed E-state index contributed by atoms with van der Waals surface area (Å²) in [6.45, 7) is 0.572. The van der Waals surface area contributed by atoms with E-state index in [1.165, 1.54) is 6.20 Å². The molecule has 0 unspecified atom stereocenters. The second kappa shape index (κ2) is 3.95. The number of aromatic nitrogens is 3. The molecule has 0 amide bonds. The van der Waals surface area contributed by atoms with E-state index in [-0.39, 0.29) is 5.56 Å². The van der Waals surface area contributed by atoms with Crippen LogP contribution in [0.4, 0.5) is 0 Å². The lowest BCUT2D eigenvalue weighted by atomic mass is 10.2. The first kappa shape index (κ1) is 9.45. The molecule has 0 bridgehead atoms. The van der Waals surface area contributed by atoms with Gasteiger partial charge in [-0.3, -0.25) is 4.68 Å². The molecule has 2 aromatic heterocycles. The normalized spacial score (nSPS) is 10.4. The molecule has 0 saturated heterocycles.